The zero-order valence-corrected chi connectivity index (χ0v) is 10.1. The largest absolute Gasteiger partial charge is 0.363 e. The van der Waals surface area contributed by atoms with Crippen molar-refractivity contribution in [2.45, 2.75) is 26.4 Å². The summed E-state index contributed by atoms with van der Waals surface area (Å²) in [5, 5.41) is 5.85. The zero-order chi connectivity index (χ0) is 12.1. The number of hydrogen-bond acceptors (Lipinski definition) is 3. The summed E-state index contributed by atoms with van der Waals surface area (Å²) in [6.07, 6.45) is 2.13. The molecule has 5 heteroatoms. The fraction of sp³-hybridized carbons (Fsp3) is 0.727. The molecule has 0 saturated carbocycles. The molecule has 1 heterocycles. The Hall–Kier alpha value is -1.10. The Bertz CT molecular complexity index is 278. The van der Waals surface area contributed by atoms with Crippen LogP contribution in [0.25, 0.3) is 0 Å². The van der Waals surface area contributed by atoms with Crippen molar-refractivity contribution in [1.82, 2.24) is 15.5 Å². The molecule has 16 heavy (non-hydrogen) atoms. The minimum absolute atomic E-state index is 0.0723. The molecule has 2 N–H and O–H groups in total. The highest BCUT2D eigenvalue weighted by molar-refractivity contribution is 5.80. The van der Waals surface area contributed by atoms with Crippen LogP contribution in [0, 0.1) is 5.92 Å². The molecule has 0 aromatic heterocycles. The van der Waals surface area contributed by atoms with Crippen LogP contribution >= 0.6 is 0 Å². The first-order valence-electron chi connectivity index (χ1n) is 5.57. The molecule has 1 rings (SSSR count). The smallest absolute Gasteiger partial charge is 0.238 e. The van der Waals surface area contributed by atoms with Crippen LogP contribution in [0.4, 0.5) is 4.39 Å². The molecule has 1 amide bonds. The number of carbonyl (C=O) groups is 1. The van der Waals surface area contributed by atoms with Crippen LogP contribution in [0.15, 0.2) is 11.9 Å². The highest BCUT2D eigenvalue weighted by Crippen LogP contribution is 2.11. The molecule has 0 spiro atoms. The molecule has 0 aromatic carbocycles. The van der Waals surface area contributed by atoms with Crippen LogP contribution in [-0.4, -0.2) is 37.2 Å². The summed E-state index contributed by atoms with van der Waals surface area (Å²) in [6, 6.07) is 0. The third-order valence-corrected chi connectivity index (χ3v) is 2.62. The lowest BCUT2D eigenvalue weighted by atomic mass is 10.1. The summed E-state index contributed by atoms with van der Waals surface area (Å²) < 4.78 is 12.4. The third kappa shape index (κ3) is 3.48. The van der Waals surface area contributed by atoms with Crippen LogP contribution in [0.3, 0.4) is 0 Å². The van der Waals surface area contributed by atoms with Crippen LogP contribution in [0.2, 0.25) is 0 Å². The third-order valence-electron chi connectivity index (χ3n) is 2.62. The van der Waals surface area contributed by atoms with Crippen molar-refractivity contribution >= 4 is 5.91 Å². The quantitative estimate of drug-likeness (QED) is 0.753. The van der Waals surface area contributed by atoms with E-state index in [1.54, 1.807) is 0 Å². The summed E-state index contributed by atoms with van der Waals surface area (Å²) in [5.74, 6) is 0.174. The van der Waals surface area contributed by atoms with Gasteiger partial charge in [-0.1, -0.05) is 13.8 Å². The number of rotatable bonds is 3. The highest BCUT2D eigenvalue weighted by Gasteiger charge is 2.18. The van der Waals surface area contributed by atoms with Crippen molar-refractivity contribution in [2.75, 3.05) is 20.3 Å². The van der Waals surface area contributed by atoms with Gasteiger partial charge >= 0.3 is 0 Å². The summed E-state index contributed by atoms with van der Waals surface area (Å²) in [7, 11) is 1.88. The second-order valence-electron chi connectivity index (χ2n) is 4.33. The molecule has 4 nitrogen and oxygen atoms in total. The number of halogens is 1. The summed E-state index contributed by atoms with van der Waals surface area (Å²) in [6.45, 7) is 3.85. The van der Waals surface area contributed by atoms with E-state index >= 15 is 0 Å². The van der Waals surface area contributed by atoms with E-state index in [9.17, 15) is 9.18 Å². The molecule has 0 radical (unpaired) electrons. The Morgan fingerprint density at radius 2 is 2.31 bits per heavy atom. The lowest BCUT2D eigenvalue weighted by Gasteiger charge is -2.31. The van der Waals surface area contributed by atoms with E-state index in [2.05, 4.69) is 10.6 Å². The Balaban J connectivity index is 2.82. The van der Waals surface area contributed by atoms with Gasteiger partial charge in [0.2, 0.25) is 5.91 Å². The second-order valence-corrected chi connectivity index (χ2v) is 4.33. The van der Waals surface area contributed by atoms with Crippen molar-refractivity contribution in [3.05, 3.63) is 11.9 Å². The molecule has 0 fully saturated rings. The van der Waals surface area contributed by atoms with Gasteiger partial charge in [0.15, 0.2) is 0 Å². The molecular weight excluding hydrogens is 209 g/mol. The Morgan fingerprint density at radius 3 is 2.88 bits per heavy atom. The summed E-state index contributed by atoms with van der Waals surface area (Å²) >= 11 is 0. The highest BCUT2D eigenvalue weighted by atomic mass is 19.1. The van der Waals surface area contributed by atoms with Gasteiger partial charge in [-0.2, -0.15) is 0 Å². The van der Waals surface area contributed by atoms with Gasteiger partial charge in [0, 0.05) is 25.4 Å². The molecule has 92 valence electrons. The van der Waals surface area contributed by atoms with Gasteiger partial charge in [0.1, 0.15) is 0 Å². The average molecular weight is 229 g/mol. The zero-order valence-electron chi connectivity index (χ0n) is 10.1. The average Bonchev–Trinajstić information content (AvgIpc) is 2.21. The molecular formula is C11H20FN3O. The molecule has 1 aliphatic rings. The van der Waals surface area contributed by atoms with E-state index in [0.717, 1.165) is 5.70 Å². The fourth-order valence-corrected chi connectivity index (χ4v) is 1.60. The van der Waals surface area contributed by atoms with E-state index in [1.165, 1.54) is 0 Å². The molecule has 1 atom stereocenters. The maximum atomic E-state index is 12.4. The lowest BCUT2D eigenvalue weighted by Crippen LogP contribution is -2.49. The molecule has 0 saturated heterocycles. The molecule has 0 bridgehead atoms. The number of allylic oxidation sites excluding steroid dienone is 1. The van der Waals surface area contributed by atoms with E-state index in [-0.39, 0.29) is 24.5 Å². The predicted octanol–water partition coefficient (Wildman–Crippen LogP) is 0.821. The molecule has 1 unspecified atom stereocenters. The van der Waals surface area contributed by atoms with Gasteiger partial charge in [0.25, 0.3) is 0 Å². The lowest BCUT2D eigenvalue weighted by molar-refractivity contribution is -0.120. The van der Waals surface area contributed by atoms with Gasteiger partial charge in [-0.15, -0.1) is 0 Å². The monoisotopic (exact) mass is 229 g/mol. The first-order valence-corrected chi connectivity index (χ1v) is 5.57. The standard InChI is InChI=1S/C11H20FN3O/c1-8(2)9-7-15(3)10(4-5-12)13-6-11(16)14-9/h7-8,10,13H,4-6H2,1-3H3,(H,14,16)/b9-7+. The molecule has 1 aliphatic heterocycles. The number of nitrogens with one attached hydrogen (secondary N) is 2. The van der Waals surface area contributed by atoms with Gasteiger partial charge in [-0.05, 0) is 5.92 Å². The minimum atomic E-state index is -0.394. The van der Waals surface area contributed by atoms with Crippen molar-refractivity contribution in [3.8, 4) is 0 Å². The molecule has 0 aliphatic carbocycles. The SMILES string of the molecule is CC(C)/C1=C\N(C)C(CCF)NCC(=O)N1. The van der Waals surface area contributed by atoms with Gasteiger partial charge in [-0.25, -0.2) is 0 Å². The van der Waals surface area contributed by atoms with Crippen LogP contribution in [0.1, 0.15) is 20.3 Å². The Kier molecular flexibility index (Phi) is 4.73. The second kappa shape index (κ2) is 5.84. The summed E-state index contributed by atoms with van der Waals surface area (Å²) in [5.41, 5.74) is 0.873. The van der Waals surface area contributed by atoms with E-state index in [0.29, 0.717) is 6.42 Å². The van der Waals surface area contributed by atoms with Crippen molar-refractivity contribution < 1.29 is 9.18 Å². The maximum Gasteiger partial charge on any atom is 0.238 e. The van der Waals surface area contributed by atoms with Crippen molar-refractivity contribution in [3.63, 3.8) is 0 Å². The van der Waals surface area contributed by atoms with E-state index < -0.39 is 6.67 Å². The predicted molar refractivity (Wildman–Crippen MR) is 61.2 cm³/mol. The van der Waals surface area contributed by atoms with Gasteiger partial charge in [-0.3, -0.25) is 14.5 Å². The maximum absolute atomic E-state index is 12.4. The summed E-state index contributed by atoms with van der Waals surface area (Å²) in [4.78, 5) is 13.4. The number of nitrogens with zero attached hydrogens (tertiary/aromatic N) is 1. The number of alkyl halides is 1. The van der Waals surface area contributed by atoms with E-state index in [1.807, 2.05) is 32.0 Å². The van der Waals surface area contributed by atoms with Crippen molar-refractivity contribution in [1.29, 1.82) is 0 Å². The topological polar surface area (TPSA) is 44.4 Å². The number of carbonyl (C=O) groups excluding carboxylic acids is 1. The van der Waals surface area contributed by atoms with Gasteiger partial charge in [0.05, 0.1) is 19.4 Å². The Morgan fingerprint density at radius 1 is 1.62 bits per heavy atom. The van der Waals surface area contributed by atoms with Gasteiger partial charge < -0.3 is 10.2 Å². The number of hydrogen-bond donors (Lipinski definition) is 2. The number of amides is 1. The van der Waals surface area contributed by atoms with E-state index in [4.69, 9.17) is 0 Å². The first kappa shape index (κ1) is 13.0. The van der Waals surface area contributed by atoms with Crippen LogP contribution < -0.4 is 10.6 Å². The van der Waals surface area contributed by atoms with Crippen LogP contribution in [0.5, 0.6) is 0 Å². The molecule has 0 aromatic rings. The normalized spacial score (nSPS) is 25.8. The fourth-order valence-electron chi connectivity index (χ4n) is 1.60. The first-order chi connectivity index (χ1) is 7.54. The van der Waals surface area contributed by atoms with Crippen LogP contribution in [-0.2, 0) is 4.79 Å². The minimum Gasteiger partial charge on any atom is -0.363 e. The van der Waals surface area contributed by atoms with Crippen molar-refractivity contribution in [2.24, 2.45) is 5.92 Å². The Labute approximate surface area is 95.9 Å².